The molecule has 4 N–H and O–H groups in total. The van der Waals surface area contributed by atoms with Gasteiger partial charge in [-0.25, -0.2) is 4.79 Å². The molecule has 2 atom stereocenters. The number of rotatable bonds is 16. The fourth-order valence-electron chi connectivity index (χ4n) is 7.50. The molecule has 3 heterocycles. The molecule has 0 spiro atoms. The van der Waals surface area contributed by atoms with Crippen LogP contribution in [0, 0.1) is 10.1 Å². The highest BCUT2D eigenvalue weighted by Crippen LogP contribution is 2.56. The third-order valence-corrected chi connectivity index (χ3v) is 10.7. The number of nitrogens with two attached hydrogens (primary N) is 1. The van der Waals surface area contributed by atoms with Gasteiger partial charge in [-0.1, -0.05) is 6.92 Å². The summed E-state index contributed by atoms with van der Waals surface area (Å²) in [5.74, 6) is -0.0244. The van der Waals surface area contributed by atoms with Crippen molar-refractivity contribution in [3.8, 4) is 5.75 Å². The maximum atomic E-state index is 13.4. The Balaban J connectivity index is 1.27. The Morgan fingerprint density at radius 3 is 2.55 bits per heavy atom. The van der Waals surface area contributed by atoms with Gasteiger partial charge >= 0.3 is 5.63 Å². The van der Waals surface area contributed by atoms with E-state index >= 15 is 0 Å². The van der Waals surface area contributed by atoms with Gasteiger partial charge in [-0.3, -0.25) is 19.7 Å². The molecule has 0 saturated carbocycles. The van der Waals surface area contributed by atoms with E-state index in [-0.39, 0.29) is 43.6 Å². The second-order valence-electron chi connectivity index (χ2n) is 14.6. The molecule has 296 valence electrons. The Morgan fingerprint density at radius 1 is 1.05 bits per heavy atom. The van der Waals surface area contributed by atoms with E-state index in [1.165, 1.54) is 12.1 Å². The Kier molecular flexibility index (Phi) is 11.8. The zero-order valence-corrected chi connectivity index (χ0v) is 32.6. The van der Waals surface area contributed by atoms with Crippen molar-refractivity contribution in [3.05, 3.63) is 110 Å². The van der Waals surface area contributed by atoms with E-state index < -0.39 is 27.9 Å². The molecule has 2 aliphatic rings. The van der Waals surface area contributed by atoms with Crippen molar-refractivity contribution >= 4 is 45.9 Å². The largest absolute Gasteiger partial charge is 0.463 e. The second-order valence-corrected chi connectivity index (χ2v) is 14.6. The van der Waals surface area contributed by atoms with Crippen LogP contribution in [0.2, 0.25) is 0 Å². The zero-order chi connectivity index (χ0) is 40.2. The number of nitro benzene ring substituents is 1. The molecular formula is C42H50N6O8. The minimum Gasteiger partial charge on any atom is -0.463 e. The SMILES string of the molecule is CCCOC(N)CCC(=O)NCCNC(=O)c1ccc2c(c1)C(C)(C)C1(/C=C/c3cc4ccc(N(CC)CC)cc4oc3=O)Oc3ccc([N+](=O)[O-])cc3CN21. The standard InChI is InChI=1S/C42H50N6O8/c1-6-21-54-37(43)15-16-38(49)44-19-20-45-39(50)28-10-13-34-33(24-28)41(4,5)42(47(34)26-30-23-32(48(52)53)12-14-35(30)56-42)18-17-29-22-27-9-11-31(46(7-2)8-3)25-36(27)55-40(29)51/h9-14,17-18,22-25,37H,6-8,15-16,19-21,26,43H2,1-5H3,(H,44,49)(H,45,50)/b18-17+. The van der Waals surface area contributed by atoms with Crippen LogP contribution in [0.1, 0.15) is 80.9 Å². The first-order valence-electron chi connectivity index (χ1n) is 19.1. The summed E-state index contributed by atoms with van der Waals surface area (Å²) >= 11 is 0. The minimum absolute atomic E-state index is 0.0558. The molecule has 2 amide bonds. The van der Waals surface area contributed by atoms with Crippen LogP contribution in [0.15, 0.2) is 76.0 Å². The van der Waals surface area contributed by atoms with Gasteiger partial charge in [-0.05, 0) is 101 Å². The molecule has 14 heteroatoms. The Labute approximate surface area is 325 Å². The first-order valence-corrected chi connectivity index (χ1v) is 19.1. The van der Waals surface area contributed by atoms with E-state index in [1.54, 1.807) is 24.3 Å². The molecule has 14 nitrogen and oxygen atoms in total. The summed E-state index contributed by atoms with van der Waals surface area (Å²) < 4.78 is 18.1. The molecule has 0 aliphatic carbocycles. The van der Waals surface area contributed by atoms with Crippen LogP contribution in [-0.4, -0.2) is 61.5 Å². The third-order valence-electron chi connectivity index (χ3n) is 10.7. The van der Waals surface area contributed by atoms with E-state index in [4.69, 9.17) is 19.6 Å². The normalized spacial score (nSPS) is 17.1. The van der Waals surface area contributed by atoms with Gasteiger partial charge in [0.25, 0.3) is 11.6 Å². The van der Waals surface area contributed by atoms with Gasteiger partial charge in [0.2, 0.25) is 11.6 Å². The summed E-state index contributed by atoms with van der Waals surface area (Å²) in [4.78, 5) is 54.6. The summed E-state index contributed by atoms with van der Waals surface area (Å²) in [7, 11) is 0. The Morgan fingerprint density at radius 2 is 1.82 bits per heavy atom. The van der Waals surface area contributed by atoms with Gasteiger partial charge in [-0.2, -0.15) is 0 Å². The number of amides is 2. The van der Waals surface area contributed by atoms with Crippen molar-refractivity contribution < 1.29 is 28.4 Å². The molecule has 3 aromatic carbocycles. The molecule has 56 heavy (non-hydrogen) atoms. The lowest BCUT2D eigenvalue weighted by Gasteiger charge is -2.48. The molecule has 0 fully saturated rings. The number of non-ortho nitro benzene ring substituents is 1. The molecule has 0 saturated heterocycles. The highest BCUT2D eigenvalue weighted by atomic mass is 16.6. The third kappa shape index (κ3) is 7.84. The smallest absolute Gasteiger partial charge is 0.343 e. The average molecular weight is 767 g/mol. The minimum atomic E-state index is -1.21. The average Bonchev–Trinajstić information content (AvgIpc) is 3.37. The van der Waals surface area contributed by atoms with E-state index in [0.29, 0.717) is 41.1 Å². The first-order chi connectivity index (χ1) is 26.8. The lowest BCUT2D eigenvalue weighted by molar-refractivity contribution is -0.385. The van der Waals surface area contributed by atoms with E-state index in [0.717, 1.165) is 41.8 Å². The number of hydrogen-bond donors (Lipinski definition) is 3. The van der Waals surface area contributed by atoms with Gasteiger partial charge in [-0.15, -0.1) is 0 Å². The highest BCUT2D eigenvalue weighted by Gasteiger charge is 2.60. The zero-order valence-electron chi connectivity index (χ0n) is 32.6. The van der Waals surface area contributed by atoms with Crippen molar-refractivity contribution in [2.24, 2.45) is 5.73 Å². The summed E-state index contributed by atoms with van der Waals surface area (Å²) in [5.41, 5.74) is 7.68. The number of benzene rings is 3. The molecule has 2 unspecified atom stereocenters. The number of fused-ring (bicyclic) bond motifs is 5. The molecule has 1 aromatic heterocycles. The molecular weight excluding hydrogens is 716 g/mol. The maximum absolute atomic E-state index is 13.4. The van der Waals surface area contributed by atoms with Gasteiger partial charge < -0.3 is 40.1 Å². The van der Waals surface area contributed by atoms with Crippen LogP contribution >= 0.6 is 0 Å². The quantitative estimate of drug-likeness (QED) is 0.0401. The monoisotopic (exact) mass is 766 g/mol. The van der Waals surface area contributed by atoms with E-state index in [1.807, 2.05) is 62.1 Å². The highest BCUT2D eigenvalue weighted by molar-refractivity contribution is 5.95. The van der Waals surface area contributed by atoms with Crippen LogP contribution in [0.3, 0.4) is 0 Å². The predicted octanol–water partition coefficient (Wildman–Crippen LogP) is 5.98. The summed E-state index contributed by atoms with van der Waals surface area (Å²) in [6.45, 7) is 13.0. The van der Waals surface area contributed by atoms with Crippen LogP contribution in [0.5, 0.6) is 5.75 Å². The van der Waals surface area contributed by atoms with E-state index in [2.05, 4.69) is 29.4 Å². The first kappa shape index (κ1) is 39.9. The van der Waals surface area contributed by atoms with Crippen LogP contribution in [0.4, 0.5) is 17.1 Å². The fourth-order valence-corrected chi connectivity index (χ4v) is 7.50. The van der Waals surface area contributed by atoms with Crippen LogP contribution < -0.4 is 36.5 Å². The number of carbonyl (C=O) groups excluding carboxylic acids is 2. The topological polar surface area (TPSA) is 183 Å². The number of hydrogen-bond acceptors (Lipinski definition) is 11. The number of nitro groups is 1. The van der Waals surface area contributed by atoms with Crippen LogP contribution in [0.25, 0.3) is 17.0 Å². The van der Waals surface area contributed by atoms with Gasteiger partial charge in [0.05, 0.1) is 22.4 Å². The number of nitrogens with zero attached hydrogens (tertiary/aromatic N) is 3. The predicted molar refractivity (Wildman–Crippen MR) is 216 cm³/mol. The second kappa shape index (κ2) is 16.6. The van der Waals surface area contributed by atoms with Crippen molar-refractivity contribution in [2.45, 2.75) is 77.8 Å². The fraction of sp³-hybridized carbons (Fsp3) is 0.405. The van der Waals surface area contributed by atoms with Crippen LogP contribution in [-0.2, 0) is 21.5 Å². The number of carbonyl (C=O) groups is 2. The Bertz CT molecular complexity index is 2210. The Hall–Kier alpha value is -5.73. The van der Waals surface area contributed by atoms with Crippen molar-refractivity contribution in [3.63, 3.8) is 0 Å². The molecule has 2 aliphatic heterocycles. The molecule has 0 bridgehead atoms. The van der Waals surface area contributed by atoms with E-state index in [9.17, 15) is 24.5 Å². The summed E-state index contributed by atoms with van der Waals surface area (Å²) in [6.07, 6.45) is 4.50. The molecule has 0 radical (unpaired) electrons. The van der Waals surface area contributed by atoms with Gasteiger partial charge in [0, 0.05) is 85.3 Å². The van der Waals surface area contributed by atoms with Crippen molar-refractivity contribution in [2.75, 3.05) is 42.6 Å². The molecule has 6 rings (SSSR count). The maximum Gasteiger partial charge on any atom is 0.343 e. The summed E-state index contributed by atoms with van der Waals surface area (Å²) in [5, 5.41) is 18.1. The van der Waals surface area contributed by atoms with Crippen molar-refractivity contribution in [1.82, 2.24) is 10.6 Å². The lowest BCUT2D eigenvalue weighted by Crippen LogP contribution is -2.60. The number of nitrogens with one attached hydrogen (secondary N) is 2. The van der Waals surface area contributed by atoms with Gasteiger partial charge in [0.1, 0.15) is 17.6 Å². The van der Waals surface area contributed by atoms with Crippen molar-refractivity contribution in [1.29, 1.82) is 0 Å². The lowest BCUT2D eigenvalue weighted by atomic mass is 9.76. The number of anilines is 2. The van der Waals surface area contributed by atoms with Gasteiger partial charge in [0.15, 0.2) is 0 Å². The number of ether oxygens (including phenoxy) is 2. The molecule has 4 aromatic rings. The summed E-state index contributed by atoms with van der Waals surface area (Å²) in [6, 6.07) is 17.5.